The summed E-state index contributed by atoms with van der Waals surface area (Å²) in [6, 6.07) is 11.1. The number of anilines is 1. The molecule has 2 N–H and O–H groups in total. The zero-order valence-corrected chi connectivity index (χ0v) is 14.5. The molecule has 0 saturated heterocycles. The van der Waals surface area contributed by atoms with Crippen LogP contribution < -0.4 is 10.2 Å². The smallest absolute Gasteiger partial charge is 0.292 e. The molecule has 0 fully saturated rings. The van der Waals surface area contributed by atoms with Crippen molar-refractivity contribution in [3.8, 4) is 0 Å². The van der Waals surface area contributed by atoms with E-state index in [-0.39, 0.29) is 6.54 Å². The molecule has 3 aromatic rings. The number of H-pyrrole nitrogens is 1. The van der Waals surface area contributed by atoms with Crippen LogP contribution in [0.1, 0.15) is 21.6 Å². The topological polar surface area (TPSA) is 78.1 Å². The lowest BCUT2D eigenvalue weighted by molar-refractivity contribution is -0.117. The van der Waals surface area contributed by atoms with Crippen molar-refractivity contribution in [2.24, 2.45) is 0 Å². The van der Waals surface area contributed by atoms with Crippen LogP contribution in [0.5, 0.6) is 0 Å². The lowest BCUT2D eigenvalue weighted by Crippen LogP contribution is -2.31. The third-order valence-corrected chi connectivity index (χ3v) is 4.06. The molecule has 0 aliphatic carbocycles. The molecule has 6 heteroatoms. The van der Waals surface area contributed by atoms with Crippen LogP contribution in [0.25, 0.3) is 10.9 Å². The van der Waals surface area contributed by atoms with Crippen molar-refractivity contribution in [1.29, 1.82) is 0 Å². The maximum atomic E-state index is 12.6. The average Bonchev–Trinajstić information content (AvgIpc) is 2.94. The first-order valence-electron chi connectivity index (χ1n) is 8.00. The molecule has 0 aliphatic heterocycles. The number of benzene rings is 1. The third-order valence-electron chi connectivity index (χ3n) is 4.06. The van der Waals surface area contributed by atoms with Gasteiger partial charge in [0, 0.05) is 49.0 Å². The Bertz CT molecular complexity index is 944. The normalized spacial score (nSPS) is 10.7. The minimum absolute atomic E-state index is 0.243. The molecule has 25 heavy (non-hydrogen) atoms. The number of carbonyl (C=O) groups excluding carboxylic acids is 2. The van der Waals surface area contributed by atoms with Gasteiger partial charge in [-0.2, -0.15) is 0 Å². The number of carbonyl (C=O) groups is 2. The van der Waals surface area contributed by atoms with Crippen LogP contribution in [0.2, 0.25) is 0 Å². The Morgan fingerprint density at radius 2 is 1.92 bits per heavy atom. The highest BCUT2D eigenvalue weighted by molar-refractivity contribution is 6.45. The molecule has 2 aromatic heterocycles. The molecule has 0 radical (unpaired) electrons. The summed E-state index contributed by atoms with van der Waals surface area (Å²) in [5.41, 5.74) is 2.81. The molecule has 2 heterocycles. The molecular weight excluding hydrogens is 316 g/mol. The van der Waals surface area contributed by atoms with Crippen LogP contribution in [0.3, 0.4) is 0 Å². The number of Topliss-reactive ketones (excluding diaryl/α,β-unsaturated/α-hetero) is 1. The number of nitrogens with one attached hydrogen (secondary N) is 2. The first-order chi connectivity index (χ1) is 12.0. The number of fused-ring (bicyclic) bond motifs is 1. The van der Waals surface area contributed by atoms with E-state index in [1.54, 1.807) is 19.2 Å². The number of aromatic nitrogens is 2. The summed E-state index contributed by atoms with van der Waals surface area (Å²) in [5, 5.41) is 3.46. The summed E-state index contributed by atoms with van der Waals surface area (Å²) in [6.07, 6.45) is 1.70. The molecule has 1 aromatic carbocycles. The second kappa shape index (κ2) is 6.76. The van der Waals surface area contributed by atoms with Crippen molar-refractivity contribution in [1.82, 2.24) is 15.3 Å². The van der Waals surface area contributed by atoms with Crippen LogP contribution in [0, 0.1) is 6.92 Å². The highest BCUT2D eigenvalue weighted by atomic mass is 16.2. The SMILES string of the molecule is Cc1[nH]c2ccccc2c1C(=O)C(=O)NCc1cccnc1N(C)C. The monoisotopic (exact) mass is 336 g/mol. The summed E-state index contributed by atoms with van der Waals surface area (Å²) in [6.45, 7) is 2.04. The predicted molar refractivity (Wildman–Crippen MR) is 97.8 cm³/mol. The van der Waals surface area contributed by atoms with Crippen molar-refractivity contribution < 1.29 is 9.59 Å². The number of hydrogen-bond acceptors (Lipinski definition) is 4. The Balaban J connectivity index is 1.80. The van der Waals surface area contributed by atoms with Gasteiger partial charge in [-0.05, 0) is 19.1 Å². The van der Waals surface area contributed by atoms with E-state index < -0.39 is 11.7 Å². The van der Waals surface area contributed by atoms with E-state index >= 15 is 0 Å². The van der Waals surface area contributed by atoms with E-state index in [0.717, 1.165) is 22.3 Å². The number of hydrogen-bond donors (Lipinski definition) is 2. The number of para-hydroxylation sites is 1. The number of amides is 1. The number of pyridine rings is 1. The van der Waals surface area contributed by atoms with Gasteiger partial charge in [0.2, 0.25) is 0 Å². The van der Waals surface area contributed by atoms with Gasteiger partial charge in [-0.25, -0.2) is 4.98 Å². The molecule has 0 unspecified atom stereocenters. The molecule has 6 nitrogen and oxygen atoms in total. The summed E-state index contributed by atoms with van der Waals surface area (Å²) in [4.78, 5) is 34.3. The molecule has 0 spiro atoms. The second-order valence-electron chi connectivity index (χ2n) is 6.06. The largest absolute Gasteiger partial charge is 0.362 e. The van der Waals surface area contributed by atoms with Crippen LogP contribution in [-0.2, 0) is 11.3 Å². The fourth-order valence-corrected chi connectivity index (χ4v) is 2.91. The summed E-state index contributed by atoms with van der Waals surface area (Å²) >= 11 is 0. The maximum absolute atomic E-state index is 12.6. The van der Waals surface area contributed by atoms with Gasteiger partial charge in [0.25, 0.3) is 11.7 Å². The minimum atomic E-state index is -0.624. The molecule has 3 rings (SSSR count). The Labute approximate surface area is 145 Å². The predicted octanol–water partition coefficient (Wildman–Crippen LogP) is 2.44. The Morgan fingerprint density at radius 3 is 2.68 bits per heavy atom. The van der Waals surface area contributed by atoms with Crippen molar-refractivity contribution >= 4 is 28.4 Å². The van der Waals surface area contributed by atoms with Gasteiger partial charge in [-0.15, -0.1) is 0 Å². The van der Waals surface area contributed by atoms with Crippen molar-refractivity contribution in [3.63, 3.8) is 0 Å². The van der Waals surface area contributed by atoms with Crippen molar-refractivity contribution in [2.45, 2.75) is 13.5 Å². The molecule has 0 atom stereocenters. The highest BCUT2D eigenvalue weighted by Crippen LogP contribution is 2.22. The number of rotatable bonds is 5. The number of aryl methyl sites for hydroxylation is 1. The highest BCUT2D eigenvalue weighted by Gasteiger charge is 2.22. The number of nitrogens with zero attached hydrogens (tertiary/aromatic N) is 2. The zero-order valence-electron chi connectivity index (χ0n) is 14.5. The van der Waals surface area contributed by atoms with Gasteiger partial charge in [-0.1, -0.05) is 24.3 Å². The van der Waals surface area contributed by atoms with Crippen LogP contribution in [0.4, 0.5) is 5.82 Å². The number of aromatic amines is 1. The minimum Gasteiger partial charge on any atom is -0.362 e. The fourth-order valence-electron chi connectivity index (χ4n) is 2.91. The van der Waals surface area contributed by atoms with E-state index in [1.165, 1.54) is 0 Å². The maximum Gasteiger partial charge on any atom is 0.292 e. The fraction of sp³-hybridized carbons (Fsp3) is 0.211. The van der Waals surface area contributed by atoms with Crippen LogP contribution in [-0.4, -0.2) is 35.8 Å². The van der Waals surface area contributed by atoms with Gasteiger partial charge in [0.1, 0.15) is 5.82 Å². The molecule has 128 valence electrons. The van der Waals surface area contributed by atoms with Crippen LogP contribution >= 0.6 is 0 Å². The van der Waals surface area contributed by atoms with E-state index in [2.05, 4.69) is 15.3 Å². The second-order valence-corrected chi connectivity index (χ2v) is 6.06. The third kappa shape index (κ3) is 3.24. The molecule has 0 aliphatic rings. The van der Waals surface area contributed by atoms with Gasteiger partial charge < -0.3 is 15.2 Å². The van der Waals surface area contributed by atoms with E-state index in [9.17, 15) is 9.59 Å². The number of ketones is 1. The van der Waals surface area contributed by atoms with Crippen LogP contribution in [0.15, 0.2) is 42.6 Å². The van der Waals surface area contributed by atoms with Crippen molar-refractivity contribution in [2.75, 3.05) is 19.0 Å². The zero-order chi connectivity index (χ0) is 18.0. The lowest BCUT2D eigenvalue weighted by Gasteiger charge is -2.15. The molecule has 0 bridgehead atoms. The average molecular weight is 336 g/mol. The first-order valence-corrected chi connectivity index (χ1v) is 8.00. The van der Waals surface area contributed by atoms with E-state index in [1.807, 2.05) is 49.3 Å². The lowest BCUT2D eigenvalue weighted by atomic mass is 10.1. The summed E-state index contributed by atoms with van der Waals surface area (Å²) in [7, 11) is 3.77. The molecule has 0 saturated carbocycles. The molecular formula is C19H20N4O2. The Kier molecular flexibility index (Phi) is 4.52. The molecule has 1 amide bonds. The van der Waals surface area contributed by atoms with E-state index in [4.69, 9.17) is 0 Å². The standard InChI is InChI=1S/C19H20N4O2/c1-12-16(14-8-4-5-9-15(14)22-12)17(24)19(25)21-11-13-7-6-10-20-18(13)23(2)3/h4-10,22H,11H2,1-3H3,(H,21,25). The quantitative estimate of drug-likeness (QED) is 0.554. The summed E-state index contributed by atoms with van der Waals surface area (Å²) < 4.78 is 0. The van der Waals surface area contributed by atoms with Gasteiger partial charge in [0.05, 0.1) is 5.56 Å². The van der Waals surface area contributed by atoms with Gasteiger partial charge in [0.15, 0.2) is 0 Å². The van der Waals surface area contributed by atoms with Gasteiger partial charge in [-0.3, -0.25) is 9.59 Å². The Morgan fingerprint density at radius 1 is 1.16 bits per heavy atom. The Hall–Kier alpha value is -3.15. The summed E-state index contributed by atoms with van der Waals surface area (Å²) in [5.74, 6) is -0.398. The first kappa shape index (κ1) is 16.7. The van der Waals surface area contributed by atoms with Gasteiger partial charge >= 0.3 is 0 Å². The van der Waals surface area contributed by atoms with E-state index in [0.29, 0.717) is 11.3 Å². The van der Waals surface area contributed by atoms with Crippen molar-refractivity contribution in [3.05, 3.63) is 59.4 Å².